The number of rotatable bonds is 9. The molecule has 0 fully saturated rings. The fourth-order valence-corrected chi connectivity index (χ4v) is 1.89. The normalized spacial score (nSPS) is 10.1. The lowest BCUT2D eigenvalue weighted by Crippen LogP contribution is -2.28. The van der Waals surface area contributed by atoms with Crippen molar-refractivity contribution in [1.82, 2.24) is 15.3 Å². The third kappa shape index (κ3) is 5.42. The summed E-state index contributed by atoms with van der Waals surface area (Å²) in [6.45, 7) is 3.63. The van der Waals surface area contributed by atoms with Crippen LogP contribution in [0.15, 0.2) is 36.7 Å². The average Bonchev–Trinajstić information content (AvgIpc) is 2.64. The zero-order valence-electron chi connectivity index (χ0n) is 13.9. The Balaban J connectivity index is 1.72. The molecule has 0 aliphatic rings. The van der Waals surface area contributed by atoms with Crippen LogP contribution < -0.4 is 20.1 Å². The summed E-state index contributed by atoms with van der Waals surface area (Å²) in [6, 6.07) is 7.26. The quantitative estimate of drug-likeness (QED) is 0.685. The van der Waals surface area contributed by atoms with Crippen molar-refractivity contribution >= 4 is 11.7 Å². The summed E-state index contributed by atoms with van der Waals surface area (Å²) in [5.41, 5.74) is 0.279. The highest BCUT2D eigenvalue weighted by molar-refractivity contribution is 5.91. The highest BCUT2D eigenvalue weighted by atomic mass is 16.5. The van der Waals surface area contributed by atoms with Gasteiger partial charge in [0.1, 0.15) is 29.6 Å². The smallest absolute Gasteiger partial charge is 0.271 e. The Hall–Kier alpha value is -2.83. The highest BCUT2D eigenvalue weighted by Crippen LogP contribution is 2.16. The molecule has 0 atom stereocenters. The molecule has 24 heavy (non-hydrogen) atoms. The second-order valence-corrected chi connectivity index (χ2v) is 4.99. The topological polar surface area (TPSA) is 85.4 Å². The number of amides is 1. The number of benzene rings is 1. The van der Waals surface area contributed by atoms with Gasteiger partial charge in [0.2, 0.25) is 0 Å². The first kappa shape index (κ1) is 17.5. The first-order valence-electron chi connectivity index (χ1n) is 7.84. The fraction of sp³-hybridized carbons (Fsp3) is 0.353. The number of methoxy groups -OCH3 is 1. The Kier molecular flexibility index (Phi) is 6.82. The van der Waals surface area contributed by atoms with Crippen molar-refractivity contribution < 1.29 is 14.3 Å². The number of hydrogen-bond donors (Lipinski definition) is 2. The lowest BCUT2D eigenvalue weighted by Gasteiger charge is -2.08. The fourth-order valence-electron chi connectivity index (χ4n) is 1.89. The molecule has 0 bridgehead atoms. The van der Waals surface area contributed by atoms with E-state index in [-0.39, 0.29) is 11.6 Å². The van der Waals surface area contributed by atoms with Crippen LogP contribution in [0, 0.1) is 0 Å². The number of hydrogen-bond acceptors (Lipinski definition) is 6. The predicted octanol–water partition coefficient (Wildman–Crippen LogP) is 2.12. The summed E-state index contributed by atoms with van der Waals surface area (Å²) in [7, 11) is 1.61. The van der Waals surface area contributed by atoms with E-state index in [1.54, 1.807) is 13.3 Å². The van der Waals surface area contributed by atoms with E-state index in [4.69, 9.17) is 9.47 Å². The van der Waals surface area contributed by atoms with Crippen LogP contribution in [0.1, 0.15) is 23.8 Å². The summed E-state index contributed by atoms with van der Waals surface area (Å²) in [6.07, 6.45) is 4.01. The maximum Gasteiger partial charge on any atom is 0.271 e. The molecule has 0 radical (unpaired) electrons. The molecule has 0 unspecified atom stereocenters. The van der Waals surface area contributed by atoms with Gasteiger partial charge in [-0.05, 0) is 30.7 Å². The van der Waals surface area contributed by atoms with Crippen molar-refractivity contribution in [2.45, 2.75) is 13.3 Å². The standard InChI is InChI=1S/C17H22N4O3/c1-3-8-18-16-12-20-15(11-21-16)17(22)19-9-10-24-14-6-4-13(23-2)5-7-14/h4-7,11-12H,3,8-10H2,1-2H3,(H,18,21)(H,19,22). The number of nitrogens with zero attached hydrogens (tertiary/aromatic N) is 2. The Labute approximate surface area is 141 Å². The lowest BCUT2D eigenvalue weighted by molar-refractivity contribution is 0.0941. The summed E-state index contributed by atoms with van der Waals surface area (Å²) < 4.78 is 10.6. The monoisotopic (exact) mass is 330 g/mol. The molecule has 0 saturated carbocycles. The van der Waals surface area contributed by atoms with Gasteiger partial charge in [-0.1, -0.05) is 6.92 Å². The van der Waals surface area contributed by atoms with Gasteiger partial charge in [0.15, 0.2) is 0 Å². The molecule has 0 saturated heterocycles. The van der Waals surface area contributed by atoms with Crippen molar-refractivity contribution in [3.8, 4) is 11.5 Å². The Morgan fingerprint density at radius 3 is 2.46 bits per heavy atom. The molecule has 7 heteroatoms. The molecule has 1 heterocycles. The zero-order chi connectivity index (χ0) is 17.2. The second-order valence-electron chi connectivity index (χ2n) is 4.99. The zero-order valence-corrected chi connectivity index (χ0v) is 13.9. The minimum Gasteiger partial charge on any atom is -0.497 e. The van der Waals surface area contributed by atoms with Gasteiger partial charge >= 0.3 is 0 Å². The molecule has 0 spiro atoms. The van der Waals surface area contributed by atoms with E-state index < -0.39 is 0 Å². The van der Waals surface area contributed by atoms with E-state index in [0.717, 1.165) is 24.5 Å². The highest BCUT2D eigenvalue weighted by Gasteiger charge is 2.07. The molecular formula is C17H22N4O3. The molecule has 128 valence electrons. The first-order valence-corrected chi connectivity index (χ1v) is 7.84. The summed E-state index contributed by atoms with van der Waals surface area (Å²) >= 11 is 0. The maximum atomic E-state index is 12.0. The molecule has 1 aromatic heterocycles. The van der Waals surface area contributed by atoms with E-state index in [9.17, 15) is 4.79 Å². The minimum atomic E-state index is -0.275. The van der Waals surface area contributed by atoms with Crippen LogP contribution >= 0.6 is 0 Å². The molecular weight excluding hydrogens is 308 g/mol. The lowest BCUT2D eigenvalue weighted by atomic mass is 10.3. The molecule has 2 aromatic rings. The van der Waals surface area contributed by atoms with Crippen molar-refractivity contribution in [3.63, 3.8) is 0 Å². The summed E-state index contributed by atoms with van der Waals surface area (Å²) in [4.78, 5) is 20.2. The van der Waals surface area contributed by atoms with Gasteiger partial charge in [-0.25, -0.2) is 9.97 Å². The van der Waals surface area contributed by atoms with Gasteiger partial charge in [0.25, 0.3) is 5.91 Å². The van der Waals surface area contributed by atoms with E-state index >= 15 is 0 Å². The van der Waals surface area contributed by atoms with Crippen molar-refractivity contribution in [3.05, 3.63) is 42.4 Å². The van der Waals surface area contributed by atoms with Gasteiger partial charge in [0, 0.05) is 6.54 Å². The van der Waals surface area contributed by atoms with Crippen LogP contribution in [0.25, 0.3) is 0 Å². The number of nitrogens with one attached hydrogen (secondary N) is 2. The summed E-state index contributed by atoms with van der Waals surface area (Å²) in [5, 5.41) is 5.85. The van der Waals surface area contributed by atoms with E-state index in [1.807, 2.05) is 24.3 Å². The molecule has 0 aliphatic heterocycles. The van der Waals surface area contributed by atoms with Gasteiger partial charge in [-0.2, -0.15) is 0 Å². The summed E-state index contributed by atoms with van der Waals surface area (Å²) in [5.74, 6) is 1.88. The number of carbonyl (C=O) groups is 1. The number of carbonyl (C=O) groups excluding carboxylic acids is 1. The van der Waals surface area contributed by atoms with Gasteiger partial charge in [-0.15, -0.1) is 0 Å². The predicted molar refractivity (Wildman–Crippen MR) is 91.6 cm³/mol. The number of aromatic nitrogens is 2. The van der Waals surface area contributed by atoms with Crippen LogP contribution in [0.5, 0.6) is 11.5 Å². The van der Waals surface area contributed by atoms with Gasteiger partial charge < -0.3 is 20.1 Å². The van der Waals surface area contributed by atoms with E-state index in [2.05, 4.69) is 27.5 Å². The molecule has 2 rings (SSSR count). The Bertz CT molecular complexity index is 629. The third-order valence-corrected chi connectivity index (χ3v) is 3.16. The largest absolute Gasteiger partial charge is 0.497 e. The molecule has 7 nitrogen and oxygen atoms in total. The third-order valence-electron chi connectivity index (χ3n) is 3.16. The van der Waals surface area contributed by atoms with Crippen molar-refractivity contribution in [1.29, 1.82) is 0 Å². The van der Waals surface area contributed by atoms with Crippen LogP contribution in [-0.4, -0.2) is 42.7 Å². The average molecular weight is 330 g/mol. The Morgan fingerprint density at radius 1 is 1.08 bits per heavy atom. The molecule has 1 amide bonds. The molecule has 2 N–H and O–H groups in total. The van der Waals surface area contributed by atoms with Crippen LogP contribution in [0.2, 0.25) is 0 Å². The maximum absolute atomic E-state index is 12.0. The van der Waals surface area contributed by atoms with Crippen LogP contribution in [0.3, 0.4) is 0 Å². The van der Waals surface area contributed by atoms with E-state index in [0.29, 0.717) is 19.0 Å². The first-order chi connectivity index (χ1) is 11.7. The van der Waals surface area contributed by atoms with Crippen LogP contribution in [-0.2, 0) is 0 Å². The number of ether oxygens (including phenoxy) is 2. The molecule has 0 aliphatic carbocycles. The Morgan fingerprint density at radius 2 is 1.83 bits per heavy atom. The minimum absolute atomic E-state index is 0.275. The SMILES string of the molecule is CCCNc1cnc(C(=O)NCCOc2ccc(OC)cc2)cn1. The van der Waals surface area contributed by atoms with E-state index in [1.165, 1.54) is 6.20 Å². The van der Waals surface area contributed by atoms with Crippen LogP contribution in [0.4, 0.5) is 5.82 Å². The van der Waals surface area contributed by atoms with Crippen molar-refractivity contribution in [2.75, 3.05) is 32.1 Å². The molecule has 1 aromatic carbocycles. The number of anilines is 1. The van der Waals surface area contributed by atoms with Gasteiger partial charge in [-0.3, -0.25) is 4.79 Å². The second kappa shape index (κ2) is 9.34. The van der Waals surface area contributed by atoms with Gasteiger partial charge in [0.05, 0.1) is 26.0 Å². The van der Waals surface area contributed by atoms with Crippen molar-refractivity contribution in [2.24, 2.45) is 0 Å².